The van der Waals surface area contributed by atoms with E-state index in [1.807, 2.05) is 25.1 Å². The van der Waals surface area contributed by atoms with E-state index < -0.39 is 11.2 Å². The van der Waals surface area contributed by atoms with Crippen molar-refractivity contribution < 1.29 is 0 Å². The Bertz CT molecular complexity index is 937. The van der Waals surface area contributed by atoms with Crippen LogP contribution in [0, 0.1) is 6.92 Å². The van der Waals surface area contributed by atoms with Crippen LogP contribution >= 0.6 is 0 Å². The summed E-state index contributed by atoms with van der Waals surface area (Å²) in [4.78, 5) is 32.6. The van der Waals surface area contributed by atoms with E-state index in [4.69, 9.17) is 0 Å². The SMILES string of the molecule is Cc1ccc2nc3c(=O)n(C)c(=O)n(C)c3nc2c1. The molecule has 96 valence electrons. The molecule has 1 aromatic carbocycles. The van der Waals surface area contributed by atoms with Crippen LogP contribution in [0.1, 0.15) is 5.56 Å². The molecule has 2 heterocycles. The third kappa shape index (κ3) is 1.56. The van der Waals surface area contributed by atoms with Gasteiger partial charge in [-0.15, -0.1) is 0 Å². The molecule has 0 aliphatic heterocycles. The average Bonchev–Trinajstić information content (AvgIpc) is 2.41. The van der Waals surface area contributed by atoms with Crippen molar-refractivity contribution in [3.8, 4) is 0 Å². The van der Waals surface area contributed by atoms with Gasteiger partial charge in [-0.25, -0.2) is 14.8 Å². The molecule has 0 saturated heterocycles. The van der Waals surface area contributed by atoms with E-state index >= 15 is 0 Å². The molecule has 0 unspecified atom stereocenters. The van der Waals surface area contributed by atoms with Crippen molar-refractivity contribution in [2.24, 2.45) is 14.1 Å². The number of hydrogen-bond donors (Lipinski definition) is 0. The maximum absolute atomic E-state index is 12.1. The lowest BCUT2D eigenvalue weighted by Gasteiger charge is -2.07. The topological polar surface area (TPSA) is 69.8 Å². The van der Waals surface area contributed by atoms with Gasteiger partial charge in [-0.05, 0) is 24.6 Å². The number of aromatic nitrogens is 4. The minimum absolute atomic E-state index is 0.209. The highest BCUT2D eigenvalue weighted by atomic mass is 16.2. The molecule has 0 amide bonds. The fourth-order valence-corrected chi connectivity index (χ4v) is 2.09. The maximum atomic E-state index is 12.1. The van der Waals surface area contributed by atoms with E-state index in [0.717, 1.165) is 10.1 Å². The molecule has 6 heteroatoms. The molecule has 3 rings (SSSR count). The van der Waals surface area contributed by atoms with E-state index in [1.54, 1.807) is 7.05 Å². The van der Waals surface area contributed by atoms with Crippen LogP contribution in [0.25, 0.3) is 22.2 Å². The second-order valence-electron chi connectivity index (χ2n) is 4.59. The number of hydrogen-bond acceptors (Lipinski definition) is 4. The normalized spacial score (nSPS) is 11.3. The molecule has 0 aliphatic rings. The lowest BCUT2D eigenvalue weighted by molar-refractivity contribution is 0.706. The van der Waals surface area contributed by atoms with Crippen LogP contribution in [0.2, 0.25) is 0 Å². The largest absolute Gasteiger partial charge is 0.332 e. The summed E-state index contributed by atoms with van der Waals surface area (Å²) in [5, 5.41) is 0. The second-order valence-corrected chi connectivity index (χ2v) is 4.59. The Kier molecular flexibility index (Phi) is 2.28. The van der Waals surface area contributed by atoms with Gasteiger partial charge in [0.25, 0.3) is 5.56 Å². The molecule has 0 radical (unpaired) electrons. The summed E-state index contributed by atoms with van der Waals surface area (Å²) in [7, 11) is 3.02. The smallest absolute Gasteiger partial charge is 0.279 e. The summed E-state index contributed by atoms with van der Waals surface area (Å²) in [5.74, 6) is 0. The molecule has 0 spiro atoms. The van der Waals surface area contributed by atoms with Gasteiger partial charge in [-0.1, -0.05) is 6.07 Å². The third-order valence-electron chi connectivity index (χ3n) is 3.20. The molecule has 0 fully saturated rings. The zero-order chi connectivity index (χ0) is 13.7. The standard InChI is InChI=1S/C13H12N4O2/c1-7-4-5-8-9(6-7)15-11-10(14-8)12(18)17(3)13(19)16(11)2/h4-6H,1-3H3. The Labute approximate surface area is 108 Å². The average molecular weight is 256 g/mol. The van der Waals surface area contributed by atoms with Crippen molar-refractivity contribution >= 4 is 22.2 Å². The van der Waals surface area contributed by atoms with Gasteiger partial charge >= 0.3 is 5.69 Å². The number of benzene rings is 1. The van der Waals surface area contributed by atoms with E-state index in [-0.39, 0.29) is 5.52 Å². The summed E-state index contributed by atoms with van der Waals surface area (Å²) in [5.41, 5.74) is 2.07. The number of rotatable bonds is 0. The van der Waals surface area contributed by atoms with E-state index in [9.17, 15) is 9.59 Å². The number of fused-ring (bicyclic) bond motifs is 2. The predicted molar refractivity (Wildman–Crippen MR) is 72.3 cm³/mol. The van der Waals surface area contributed by atoms with Crippen molar-refractivity contribution in [1.29, 1.82) is 0 Å². The van der Waals surface area contributed by atoms with Crippen LogP contribution in [0.3, 0.4) is 0 Å². The molecule has 0 atom stereocenters. The zero-order valence-corrected chi connectivity index (χ0v) is 10.8. The number of nitrogens with zero attached hydrogens (tertiary/aromatic N) is 4. The van der Waals surface area contributed by atoms with Crippen molar-refractivity contribution in [2.45, 2.75) is 6.92 Å². The highest BCUT2D eigenvalue weighted by Gasteiger charge is 2.12. The van der Waals surface area contributed by atoms with Crippen LogP contribution in [0.5, 0.6) is 0 Å². The van der Waals surface area contributed by atoms with Gasteiger partial charge in [0.2, 0.25) is 0 Å². The molecule has 3 aromatic rings. The minimum atomic E-state index is -0.423. The molecule has 0 aliphatic carbocycles. The quantitative estimate of drug-likeness (QED) is 0.549. The van der Waals surface area contributed by atoms with Crippen LogP contribution in [-0.4, -0.2) is 19.1 Å². The Balaban J connectivity index is 2.63. The van der Waals surface area contributed by atoms with Gasteiger partial charge in [0.05, 0.1) is 11.0 Å². The van der Waals surface area contributed by atoms with Crippen molar-refractivity contribution in [3.05, 3.63) is 44.6 Å². The molecular weight excluding hydrogens is 244 g/mol. The summed E-state index contributed by atoms with van der Waals surface area (Å²) < 4.78 is 2.38. The van der Waals surface area contributed by atoms with Gasteiger partial charge in [0.15, 0.2) is 11.2 Å². The minimum Gasteiger partial charge on any atom is -0.279 e. The number of aryl methyl sites for hydroxylation is 2. The Morgan fingerprint density at radius 2 is 1.74 bits per heavy atom. The molecule has 0 bridgehead atoms. The van der Waals surface area contributed by atoms with Gasteiger partial charge in [-0.2, -0.15) is 0 Å². The van der Waals surface area contributed by atoms with Crippen molar-refractivity contribution in [2.75, 3.05) is 0 Å². The molecular formula is C13H12N4O2. The fraction of sp³-hybridized carbons (Fsp3) is 0.231. The van der Waals surface area contributed by atoms with Crippen LogP contribution in [0.15, 0.2) is 27.8 Å². The Morgan fingerprint density at radius 3 is 2.47 bits per heavy atom. The van der Waals surface area contributed by atoms with Crippen LogP contribution in [-0.2, 0) is 14.1 Å². The first-order chi connectivity index (χ1) is 8.99. The Hall–Kier alpha value is -2.50. The Morgan fingerprint density at radius 1 is 1.00 bits per heavy atom. The second kappa shape index (κ2) is 3.74. The molecule has 0 saturated carbocycles. The molecule has 6 nitrogen and oxygen atoms in total. The van der Waals surface area contributed by atoms with Crippen LogP contribution in [0.4, 0.5) is 0 Å². The lowest BCUT2D eigenvalue weighted by Crippen LogP contribution is -2.37. The monoisotopic (exact) mass is 256 g/mol. The zero-order valence-electron chi connectivity index (χ0n) is 10.8. The van der Waals surface area contributed by atoms with Crippen molar-refractivity contribution in [1.82, 2.24) is 19.1 Å². The highest BCUT2D eigenvalue weighted by molar-refractivity contribution is 5.84. The summed E-state index contributed by atoms with van der Waals surface area (Å²) >= 11 is 0. The first-order valence-corrected chi connectivity index (χ1v) is 5.83. The first kappa shape index (κ1) is 11.6. The first-order valence-electron chi connectivity index (χ1n) is 5.83. The van der Waals surface area contributed by atoms with E-state index in [2.05, 4.69) is 9.97 Å². The molecule has 2 aromatic heterocycles. The van der Waals surface area contributed by atoms with E-state index in [1.165, 1.54) is 11.6 Å². The van der Waals surface area contributed by atoms with Gasteiger partial charge in [0.1, 0.15) is 0 Å². The van der Waals surface area contributed by atoms with Crippen molar-refractivity contribution in [3.63, 3.8) is 0 Å². The fourth-order valence-electron chi connectivity index (χ4n) is 2.09. The van der Waals surface area contributed by atoms with Gasteiger partial charge in [-0.3, -0.25) is 13.9 Å². The summed E-state index contributed by atoms with van der Waals surface area (Å²) in [6.07, 6.45) is 0. The van der Waals surface area contributed by atoms with Crippen LogP contribution < -0.4 is 11.2 Å². The van der Waals surface area contributed by atoms with Gasteiger partial charge < -0.3 is 0 Å². The summed E-state index contributed by atoms with van der Waals surface area (Å²) in [6, 6.07) is 5.61. The maximum Gasteiger partial charge on any atom is 0.332 e. The molecule has 19 heavy (non-hydrogen) atoms. The highest BCUT2D eigenvalue weighted by Crippen LogP contribution is 2.14. The molecule has 0 N–H and O–H groups in total. The lowest BCUT2D eigenvalue weighted by atomic mass is 10.2. The van der Waals surface area contributed by atoms with E-state index in [0.29, 0.717) is 16.7 Å². The summed E-state index contributed by atoms with van der Waals surface area (Å²) in [6.45, 7) is 1.95. The third-order valence-corrected chi connectivity index (χ3v) is 3.20. The van der Waals surface area contributed by atoms with Gasteiger partial charge in [0, 0.05) is 14.1 Å². The predicted octanol–water partition coefficient (Wildman–Crippen LogP) is 0.489.